The maximum absolute atomic E-state index is 5.56. The largest absolute Gasteiger partial charge is 0.493 e. The highest BCUT2D eigenvalue weighted by atomic mass is 16.5. The van der Waals surface area contributed by atoms with Crippen LogP contribution in [-0.2, 0) is 13.0 Å². The molecule has 2 aromatic rings. The molecule has 1 heterocycles. The zero-order chi connectivity index (χ0) is 12.8. The quantitative estimate of drug-likeness (QED) is 0.827. The van der Waals surface area contributed by atoms with Gasteiger partial charge in [0.05, 0.1) is 7.11 Å². The van der Waals surface area contributed by atoms with Gasteiger partial charge in [-0.1, -0.05) is 17.3 Å². The third kappa shape index (κ3) is 2.98. The fraction of sp³-hybridized carbons (Fsp3) is 0.333. The highest BCUT2D eigenvalue weighted by molar-refractivity contribution is 5.39. The normalized spacial score (nSPS) is 10.3. The number of nitrogens with two attached hydrogens (primary N) is 1. The van der Waals surface area contributed by atoms with Crippen molar-refractivity contribution in [3.05, 3.63) is 36.0 Å². The first-order valence-corrected chi connectivity index (χ1v) is 5.61. The molecule has 6 nitrogen and oxygen atoms in total. The molecule has 1 aromatic carbocycles. The summed E-state index contributed by atoms with van der Waals surface area (Å²) in [4.78, 5) is 4.15. The smallest absolute Gasteiger partial charge is 0.228 e. The number of methoxy groups -OCH3 is 1. The number of rotatable bonds is 6. The van der Waals surface area contributed by atoms with Crippen LogP contribution in [0.15, 0.2) is 28.8 Å². The predicted molar refractivity (Wildman–Crippen MR) is 64.4 cm³/mol. The maximum atomic E-state index is 5.56. The average molecular weight is 249 g/mol. The first-order chi connectivity index (χ1) is 8.83. The summed E-state index contributed by atoms with van der Waals surface area (Å²) in [6, 6.07) is 7.39. The maximum Gasteiger partial charge on any atom is 0.228 e. The van der Waals surface area contributed by atoms with Gasteiger partial charge in [-0.05, 0) is 12.1 Å². The molecule has 96 valence electrons. The number of nitrogens with zero attached hydrogens (tertiary/aromatic N) is 2. The molecule has 0 aliphatic heterocycles. The summed E-state index contributed by atoms with van der Waals surface area (Å²) in [5.74, 6) is 2.33. The van der Waals surface area contributed by atoms with Crippen LogP contribution in [-0.4, -0.2) is 23.8 Å². The molecule has 0 atom stereocenters. The standard InChI is InChI=1S/C12H15N3O3/c1-16-9-4-2-3-5-10(9)17-8-11-14-12(6-7-13)18-15-11/h2-5H,6-8,13H2,1H3. The van der Waals surface area contributed by atoms with E-state index in [0.717, 1.165) is 0 Å². The summed E-state index contributed by atoms with van der Waals surface area (Å²) in [6.07, 6.45) is 0.571. The minimum absolute atomic E-state index is 0.231. The molecule has 0 aliphatic carbocycles. The van der Waals surface area contributed by atoms with E-state index in [-0.39, 0.29) is 6.61 Å². The molecule has 2 rings (SSSR count). The van der Waals surface area contributed by atoms with Crippen molar-refractivity contribution in [2.24, 2.45) is 5.73 Å². The third-order valence-electron chi connectivity index (χ3n) is 2.29. The molecule has 1 aromatic heterocycles. The summed E-state index contributed by atoms with van der Waals surface area (Å²) < 4.78 is 15.7. The Morgan fingerprint density at radius 2 is 2.06 bits per heavy atom. The molecule has 0 spiro atoms. The summed E-state index contributed by atoms with van der Waals surface area (Å²) >= 11 is 0. The predicted octanol–water partition coefficient (Wildman–Crippen LogP) is 1.16. The molecule has 0 radical (unpaired) electrons. The zero-order valence-corrected chi connectivity index (χ0v) is 10.1. The van der Waals surface area contributed by atoms with Crippen LogP contribution in [0.25, 0.3) is 0 Å². The van der Waals surface area contributed by atoms with Gasteiger partial charge in [-0.2, -0.15) is 4.98 Å². The number of hydrogen-bond donors (Lipinski definition) is 1. The van der Waals surface area contributed by atoms with Gasteiger partial charge in [-0.15, -0.1) is 0 Å². The number of para-hydroxylation sites is 2. The first-order valence-electron chi connectivity index (χ1n) is 5.61. The van der Waals surface area contributed by atoms with Crippen LogP contribution in [0.5, 0.6) is 11.5 Å². The molecule has 0 bridgehead atoms. The van der Waals surface area contributed by atoms with Crippen LogP contribution in [0.3, 0.4) is 0 Å². The Labute approximate surface area is 105 Å². The fourth-order valence-corrected chi connectivity index (χ4v) is 1.45. The molecule has 2 N–H and O–H groups in total. The van der Waals surface area contributed by atoms with E-state index >= 15 is 0 Å². The van der Waals surface area contributed by atoms with E-state index in [2.05, 4.69) is 10.1 Å². The lowest BCUT2D eigenvalue weighted by atomic mass is 10.3. The first kappa shape index (κ1) is 12.4. The van der Waals surface area contributed by atoms with Gasteiger partial charge in [-0.3, -0.25) is 0 Å². The number of benzene rings is 1. The lowest BCUT2D eigenvalue weighted by Crippen LogP contribution is -2.03. The molecule has 0 saturated heterocycles. The number of ether oxygens (including phenoxy) is 2. The molecule has 0 saturated carbocycles. The minimum atomic E-state index is 0.231. The Morgan fingerprint density at radius 1 is 1.28 bits per heavy atom. The zero-order valence-electron chi connectivity index (χ0n) is 10.1. The van der Waals surface area contributed by atoms with Crippen LogP contribution in [0.4, 0.5) is 0 Å². The minimum Gasteiger partial charge on any atom is -0.493 e. The highest BCUT2D eigenvalue weighted by Gasteiger charge is 2.08. The Balaban J connectivity index is 1.97. The SMILES string of the molecule is COc1ccccc1OCc1noc(CCN)n1. The van der Waals surface area contributed by atoms with Crippen LogP contribution >= 0.6 is 0 Å². The molecule has 0 aliphatic rings. The van der Waals surface area contributed by atoms with E-state index in [1.54, 1.807) is 7.11 Å². The summed E-state index contributed by atoms with van der Waals surface area (Å²) in [5, 5.41) is 3.80. The van der Waals surface area contributed by atoms with Gasteiger partial charge in [0.2, 0.25) is 11.7 Å². The van der Waals surface area contributed by atoms with Crippen molar-refractivity contribution in [3.8, 4) is 11.5 Å². The Kier molecular flexibility index (Phi) is 4.14. The fourth-order valence-electron chi connectivity index (χ4n) is 1.45. The van der Waals surface area contributed by atoms with E-state index < -0.39 is 0 Å². The molecule has 18 heavy (non-hydrogen) atoms. The second-order valence-corrected chi connectivity index (χ2v) is 3.58. The van der Waals surface area contributed by atoms with Crippen LogP contribution in [0, 0.1) is 0 Å². The molecule has 0 unspecified atom stereocenters. The molecule has 6 heteroatoms. The van der Waals surface area contributed by atoms with E-state index in [1.165, 1.54) is 0 Å². The summed E-state index contributed by atoms with van der Waals surface area (Å²) in [5.41, 5.74) is 5.40. The Morgan fingerprint density at radius 3 is 2.78 bits per heavy atom. The van der Waals surface area contributed by atoms with Gasteiger partial charge < -0.3 is 19.7 Å². The van der Waals surface area contributed by atoms with E-state index in [9.17, 15) is 0 Å². The second kappa shape index (κ2) is 6.02. The van der Waals surface area contributed by atoms with Gasteiger partial charge in [0.15, 0.2) is 18.1 Å². The van der Waals surface area contributed by atoms with Crippen molar-refractivity contribution in [2.45, 2.75) is 13.0 Å². The van der Waals surface area contributed by atoms with Gasteiger partial charge in [0, 0.05) is 13.0 Å². The Bertz CT molecular complexity index is 499. The molecular weight excluding hydrogens is 234 g/mol. The topological polar surface area (TPSA) is 83.4 Å². The highest BCUT2D eigenvalue weighted by Crippen LogP contribution is 2.26. The second-order valence-electron chi connectivity index (χ2n) is 3.58. The van der Waals surface area contributed by atoms with Crippen molar-refractivity contribution in [3.63, 3.8) is 0 Å². The van der Waals surface area contributed by atoms with Crippen molar-refractivity contribution in [1.29, 1.82) is 0 Å². The van der Waals surface area contributed by atoms with E-state index in [4.69, 9.17) is 19.7 Å². The number of hydrogen-bond acceptors (Lipinski definition) is 6. The van der Waals surface area contributed by atoms with Crippen LogP contribution in [0.2, 0.25) is 0 Å². The summed E-state index contributed by atoms with van der Waals surface area (Å²) in [6.45, 7) is 0.712. The van der Waals surface area contributed by atoms with E-state index in [1.807, 2.05) is 24.3 Å². The van der Waals surface area contributed by atoms with E-state index in [0.29, 0.717) is 36.2 Å². The molecular formula is C12H15N3O3. The monoisotopic (exact) mass is 249 g/mol. The van der Waals surface area contributed by atoms with Crippen molar-refractivity contribution in [1.82, 2.24) is 10.1 Å². The van der Waals surface area contributed by atoms with Gasteiger partial charge >= 0.3 is 0 Å². The van der Waals surface area contributed by atoms with Crippen LogP contribution in [0.1, 0.15) is 11.7 Å². The van der Waals surface area contributed by atoms with Gasteiger partial charge in [0.1, 0.15) is 0 Å². The van der Waals surface area contributed by atoms with Crippen molar-refractivity contribution >= 4 is 0 Å². The third-order valence-corrected chi connectivity index (χ3v) is 2.29. The molecule has 0 fully saturated rings. The summed E-state index contributed by atoms with van der Waals surface area (Å²) in [7, 11) is 1.59. The average Bonchev–Trinajstić information content (AvgIpc) is 2.85. The Hall–Kier alpha value is -2.08. The van der Waals surface area contributed by atoms with Gasteiger partial charge in [-0.25, -0.2) is 0 Å². The van der Waals surface area contributed by atoms with Crippen LogP contribution < -0.4 is 15.2 Å². The van der Waals surface area contributed by atoms with Crippen molar-refractivity contribution < 1.29 is 14.0 Å². The molecule has 0 amide bonds. The lowest BCUT2D eigenvalue weighted by molar-refractivity contribution is 0.269. The van der Waals surface area contributed by atoms with Gasteiger partial charge in [0.25, 0.3) is 0 Å². The number of aromatic nitrogens is 2. The van der Waals surface area contributed by atoms with Crippen molar-refractivity contribution in [2.75, 3.05) is 13.7 Å². The lowest BCUT2D eigenvalue weighted by Gasteiger charge is -2.07.